The van der Waals surface area contributed by atoms with Crippen LogP contribution >= 0.6 is 0 Å². The van der Waals surface area contributed by atoms with Crippen LogP contribution in [0.4, 0.5) is 4.79 Å². The SMILES string of the molecule is N#Cc1cccc(CN2CCC(N3CCN(C(=O)NCc4ccco4)CC3)CC2)c1. The van der Waals surface area contributed by atoms with Crippen molar-refractivity contribution in [1.82, 2.24) is 20.0 Å². The Hall–Kier alpha value is -2.82. The number of amides is 2. The molecule has 0 spiro atoms. The normalized spacial score (nSPS) is 18.8. The third kappa shape index (κ3) is 5.21. The zero-order valence-corrected chi connectivity index (χ0v) is 17.3. The second kappa shape index (κ2) is 9.79. The van der Waals surface area contributed by atoms with E-state index in [1.165, 1.54) is 5.56 Å². The Morgan fingerprint density at radius 3 is 2.60 bits per heavy atom. The van der Waals surface area contributed by atoms with E-state index in [0.717, 1.165) is 70.0 Å². The Morgan fingerprint density at radius 1 is 1.10 bits per heavy atom. The monoisotopic (exact) mass is 407 g/mol. The molecule has 1 aromatic carbocycles. The summed E-state index contributed by atoms with van der Waals surface area (Å²) in [6.07, 6.45) is 3.93. The fourth-order valence-electron chi connectivity index (χ4n) is 4.42. The van der Waals surface area contributed by atoms with Crippen molar-refractivity contribution in [1.29, 1.82) is 5.26 Å². The summed E-state index contributed by atoms with van der Waals surface area (Å²) in [5, 5.41) is 12.0. The van der Waals surface area contributed by atoms with Crippen LogP contribution < -0.4 is 5.32 Å². The number of carbonyl (C=O) groups is 1. The van der Waals surface area contributed by atoms with Gasteiger partial charge in [-0.2, -0.15) is 5.26 Å². The van der Waals surface area contributed by atoms with Crippen molar-refractivity contribution in [3.05, 3.63) is 59.5 Å². The van der Waals surface area contributed by atoms with E-state index in [0.29, 0.717) is 12.6 Å². The number of piperazine rings is 1. The lowest BCUT2D eigenvalue weighted by Gasteiger charge is -2.42. The zero-order valence-electron chi connectivity index (χ0n) is 17.3. The molecule has 3 heterocycles. The summed E-state index contributed by atoms with van der Waals surface area (Å²) < 4.78 is 5.27. The van der Waals surface area contributed by atoms with Crippen molar-refractivity contribution in [3.8, 4) is 6.07 Å². The van der Waals surface area contributed by atoms with Crippen LogP contribution in [0, 0.1) is 11.3 Å². The summed E-state index contributed by atoms with van der Waals surface area (Å²) in [7, 11) is 0. The van der Waals surface area contributed by atoms with Crippen molar-refractivity contribution in [3.63, 3.8) is 0 Å². The minimum Gasteiger partial charge on any atom is -0.467 e. The first-order chi connectivity index (χ1) is 14.7. The molecule has 1 N–H and O–H groups in total. The molecule has 1 aromatic heterocycles. The van der Waals surface area contributed by atoms with E-state index in [-0.39, 0.29) is 6.03 Å². The standard InChI is InChI=1S/C23H29N5O2/c24-16-19-3-1-4-20(15-19)18-26-8-6-21(7-9-26)27-10-12-28(13-11-27)23(29)25-17-22-5-2-14-30-22/h1-5,14-15,21H,6-13,17-18H2,(H,25,29). The van der Waals surface area contributed by atoms with Gasteiger partial charge in [0.15, 0.2) is 0 Å². The maximum Gasteiger partial charge on any atom is 0.317 e. The molecule has 0 atom stereocenters. The van der Waals surface area contributed by atoms with Gasteiger partial charge in [0.05, 0.1) is 24.4 Å². The molecule has 0 bridgehead atoms. The number of nitrogens with one attached hydrogen (secondary N) is 1. The average Bonchev–Trinajstić information content (AvgIpc) is 3.32. The van der Waals surface area contributed by atoms with Gasteiger partial charge in [-0.1, -0.05) is 12.1 Å². The molecule has 30 heavy (non-hydrogen) atoms. The Bertz CT molecular complexity index is 860. The lowest BCUT2D eigenvalue weighted by atomic mass is 10.0. The lowest BCUT2D eigenvalue weighted by molar-refractivity contribution is 0.0667. The van der Waals surface area contributed by atoms with E-state index in [2.05, 4.69) is 27.3 Å². The fourth-order valence-corrected chi connectivity index (χ4v) is 4.42. The highest BCUT2D eigenvalue weighted by Crippen LogP contribution is 2.20. The van der Waals surface area contributed by atoms with Crippen LogP contribution in [-0.2, 0) is 13.1 Å². The molecule has 2 saturated heterocycles. The summed E-state index contributed by atoms with van der Waals surface area (Å²) in [6, 6.07) is 14.4. The third-order valence-corrected chi connectivity index (χ3v) is 6.13. The first-order valence-corrected chi connectivity index (χ1v) is 10.7. The van der Waals surface area contributed by atoms with E-state index >= 15 is 0 Å². The van der Waals surface area contributed by atoms with Gasteiger partial charge in [-0.05, 0) is 55.8 Å². The van der Waals surface area contributed by atoms with Gasteiger partial charge in [-0.3, -0.25) is 9.80 Å². The van der Waals surface area contributed by atoms with Crippen molar-refractivity contribution in [2.45, 2.75) is 32.0 Å². The molecule has 7 heteroatoms. The topological polar surface area (TPSA) is 75.8 Å². The zero-order chi connectivity index (χ0) is 20.8. The number of rotatable bonds is 5. The van der Waals surface area contributed by atoms with E-state index in [1.54, 1.807) is 6.26 Å². The lowest BCUT2D eigenvalue weighted by Crippen LogP contribution is -2.55. The number of piperidine rings is 1. The van der Waals surface area contributed by atoms with E-state index < -0.39 is 0 Å². The molecular formula is C23H29N5O2. The second-order valence-corrected chi connectivity index (χ2v) is 8.08. The van der Waals surface area contributed by atoms with Crippen LogP contribution in [0.2, 0.25) is 0 Å². The fraction of sp³-hybridized carbons (Fsp3) is 0.478. The van der Waals surface area contributed by atoms with Gasteiger partial charge < -0.3 is 14.6 Å². The first-order valence-electron chi connectivity index (χ1n) is 10.7. The maximum absolute atomic E-state index is 12.4. The maximum atomic E-state index is 12.4. The summed E-state index contributed by atoms with van der Waals surface area (Å²) in [6.45, 7) is 6.90. The van der Waals surface area contributed by atoms with E-state index in [9.17, 15) is 4.79 Å². The molecule has 158 valence electrons. The predicted octanol–water partition coefficient (Wildman–Crippen LogP) is 2.64. The number of hydrogen-bond donors (Lipinski definition) is 1. The van der Waals surface area contributed by atoms with Gasteiger partial charge in [-0.25, -0.2) is 4.79 Å². The number of benzene rings is 1. The smallest absolute Gasteiger partial charge is 0.317 e. The highest BCUT2D eigenvalue weighted by molar-refractivity contribution is 5.74. The summed E-state index contributed by atoms with van der Waals surface area (Å²) >= 11 is 0. The van der Waals surface area contributed by atoms with Gasteiger partial charge >= 0.3 is 6.03 Å². The number of likely N-dealkylation sites (tertiary alicyclic amines) is 1. The molecule has 7 nitrogen and oxygen atoms in total. The van der Waals surface area contributed by atoms with Crippen molar-refractivity contribution in [2.24, 2.45) is 0 Å². The van der Waals surface area contributed by atoms with Gasteiger partial charge in [0.25, 0.3) is 0 Å². The van der Waals surface area contributed by atoms with Gasteiger partial charge in [0, 0.05) is 38.8 Å². The Balaban J connectivity index is 1.18. The molecule has 2 fully saturated rings. The van der Waals surface area contributed by atoms with Gasteiger partial charge in [0.1, 0.15) is 5.76 Å². The predicted molar refractivity (Wildman–Crippen MR) is 114 cm³/mol. The number of furan rings is 1. The molecule has 0 aliphatic carbocycles. The highest BCUT2D eigenvalue weighted by Gasteiger charge is 2.28. The molecular weight excluding hydrogens is 378 g/mol. The van der Waals surface area contributed by atoms with Crippen molar-refractivity contribution >= 4 is 6.03 Å². The molecule has 2 amide bonds. The summed E-state index contributed by atoms with van der Waals surface area (Å²) in [5.41, 5.74) is 1.94. The molecule has 2 aliphatic heterocycles. The Labute approximate surface area is 177 Å². The molecule has 0 radical (unpaired) electrons. The molecule has 2 aromatic rings. The Morgan fingerprint density at radius 2 is 1.90 bits per heavy atom. The second-order valence-electron chi connectivity index (χ2n) is 8.08. The highest BCUT2D eigenvalue weighted by atomic mass is 16.3. The van der Waals surface area contributed by atoms with Gasteiger partial charge in [-0.15, -0.1) is 0 Å². The van der Waals surface area contributed by atoms with Crippen LogP contribution in [0.1, 0.15) is 29.7 Å². The minimum absolute atomic E-state index is 0.0135. The van der Waals surface area contributed by atoms with Crippen molar-refractivity contribution < 1.29 is 9.21 Å². The number of carbonyl (C=O) groups excluding carboxylic acids is 1. The average molecular weight is 408 g/mol. The van der Waals surface area contributed by atoms with Crippen LogP contribution in [0.5, 0.6) is 0 Å². The van der Waals surface area contributed by atoms with E-state index in [1.807, 2.05) is 35.2 Å². The third-order valence-electron chi connectivity index (χ3n) is 6.13. The summed E-state index contributed by atoms with van der Waals surface area (Å²) in [4.78, 5) is 19.3. The number of nitriles is 1. The van der Waals surface area contributed by atoms with Crippen LogP contribution in [0.25, 0.3) is 0 Å². The summed E-state index contributed by atoms with van der Waals surface area (Å²) in [5.74, 6) is 0.771. The quantitative estimate of drug-likeness (QED) is 0.825. The van der Waals surface area contributed by atoms with Crippen LogP contribution in [0.15, 0.2) is 47.1 Å². The minimum atomic E-state index is -0.0135. The van der Waals surface area contributed by atoms with Crippen LogP contribution in [-0.4, -0.2) is 66.0 Å². The molecule has 0 unspecified atom stereocenters. The molecule has 2 aliphatic rings. The number of urea groups is 1. The number of hydrogen-bond acceptors (Lipinski definition) is 5. The number of nitrogens with zero attached hydrogens (tertiary/aromatic N) is 4. The Kier molecular flexibility index (Phi) is 6.67. The van der Waals surface area contributed by atoms with E-state index in [4.69, 9.17) is 9.68 Å². The molecule has 0 saturated carbocycles. The van der Waals surface area contributed by atoms with Crippen molar-refractivity contribution in [2.75, 3.05) is 39.3 Å². The largest absolute Gasteiger partial charge is 0.467 e. The van der Waals surface area contributed by atoms with Crippen LogP contribution in [0.3, 0.4) is 0 Å². The first kappa shape index (κ1) is 20.5. The molecule has 4 rings (SSSR count). The van der Waals surface area contributed by atoms with Gasteiger partial charge in [0.2, 0.25) is 0 Å².